The quantitative estimate of drug-likeness (QED) is 0.578. The Balaban J connectivity index is 1.75. The molecule has 1 N–H and O–H groups in total. The van der Waals surface area contributed by atoms with Crippen LogP contribution in [0.15, 0.2) is 24.3 Å². The van der Waals surface area contributed by atoms with E-state index in [4.69, 9.17) is 14.6 Å². The van der Waals surface area contributed by atoms with Crippen molar-refractivity contribution in [3.63, 3.8) is 0 Å². The van der Waals surface area contributed by atoms with Crippen LogP contribution in [0, 0.1) is 19.8 Å². The average molecular weight is 439 g/mol. The highest BCUT2D eigenvalue weighted by Gasteiger charge is 2.27. The lowest BCUT2D eigenvalue weighted by Crippen LogP contribution is -2.34. The van der Waals surface area contributed by atoms with Crippen molar-refractivity contribution in [1.82, 2.24) is 25.3 Å². The molecule has 0 radical (unpaired) electrons. The molecule has 3 heterocycles. The van der Waals surface area contributed by atoms with Crippen LogP contribution in [-0.2, 0) is 4.74 Å². The van der Waals surface area contributed by atoms with Gasteiger partial charge in [0, 0.05) is 33.2 Å². The van der Waals surface area contributed by atoms with Gasteiger partial charge in [-0.1, -0.05) is 12.1 Å². The van der Waals surface area contributed by atoms with Crippen LogP contribution in [0.4, 0.5) is 5.82 Å². The highest BCUT2D eigenvalue weighted by molar-refractivity contribution is 5.92. The van der Waals surface area contributed by atoms with Gasteiger partial charge in [-0.25, -0.2) is 4.68 Å². The van der Waals surface area contributed by atoms with Crippen molar-refractivity contribution in [2.24, 2.45) is 5.92 Å². The summed E-state index contributed by atoms with van der Waals surface area (Å²) in [4.78, 5) is 1.95. The predicted molar refractivity (Wildman–Crippen MR) is 127 cm³/mol. The number of benzene rings is 1. The summed E-state index contributed by atoms with van der Waals surface area (Å²) in [6.07, 6.45) is 3.14. The molecule has 8 nitrogen and oxygen atoms in total. The van der Waals surface area contributed by atoms with E-state index in [-0.39, 0.29) is 6.10 Å². The van der Waals surface area contributed by atoms with E-state index in [2.05, 4.69) is 28.5 Å². The monoisotopic (exact) mass is 438 g/mol. The first-order valence-corrected chi connectivity index (χ1v) is 11.4. The van der Waals surface area contributed by atoms with Crippen LogP contribution in [0.3, 0.4) is 0 Å². The molecule has 1 aliphatic rings. The van der Waals surface area contributed by atoms with E-state index in [1.54, 1.807) is 0 Å². The third-order valence-corrected chi connectivity index (χ3v) is 6.25. The minimum absolute atomic E-state index is 0.125. The van der Waals surface area contributed by atoms with Crippen molar-refractivity contribution < 1.29 is 9.47 Å². The van der Waals surface area contributed by atoms with Crippen LogP contribution in [0.5, 0.6) is 5.75 Å². The van der Waals surface area contributed by atoms with Crippen molar-refractivity contribution >= 4 is 16.7 Å². The summed E-state index contributed by atoms with van der Waals surface area (Å²) in [5, 5.41) is 18.0. The summed E-state index contributed by atoms with van der Waals surface area (Å²) in [6, 6.07) is 8.17. The SMILES string of the molecule is CNCCC(Oc1ccccc1-n1nc2c(N(C)C)nnc(C)c2c1C)C1CCOCC1. The largest absolute Gasteiger partial charge is 0.488 e. The molecule has 1 unspecified atom stereocenters. The lowest BCUT2D eigenvalue weighted by atomic mass is 9.91. The number of fused-ring (bicyclic) bond motifs is 1. The van der Waals surface area contributed by atoms with Crippen LogP contribution >= 0.6 is 0 Å². The normalized spacial score (nSPS) is 15.8. The molecule has 1 aliphatic heterocycles. The Morgan fingerprint density at radius 2 is 1.94 bits per heavy atom. The maximum Gasteiger partial charge on any atom is 0.179 e. The molecule has 3 aromatic rings. The second kappa shape index (κ2) is 9.83. The fourth-order valence-electron chi connectivity index (χ4n) is 4.51. The van der Waals surface area contributed by atoms with Gasteiger partial charge >= 0.3 is 0 Å². The molecule has 1 aromatic carbocycles. The van der Waals surface area contributed by atoms with Crippen LogP contribution in [0.2, 0.25) is 0 Å². The number of nitrogens with zero attached hydrogens (tertiary/aromatic N) is 5. The number of aryl methyl sites for hydroxylation is 2. The van der Waals surface area contributed by atoms with E-state index >= 15 is 0 Å². The number of aromatic nitrogens is 4. The average Bonchev–Trinajstić information content (AvgIpc) is 3.15. The molecule has 32 heavy (non-hydrogen) atoms. The number of hydrogen-bond acceptors (Lipinski definition) is 7. The molecule has 2 aromatic heterocycles. The van der Waals surface area contributed by atoms with E-state index in [0.717, 1.165) is 78.6 Å². The van der Waals surface area contributed by atoms with Crippen LogP contribution in [-0.4, -0.2) is 67.0 Å². The number of hydrogen-bond donors (Lipinski definition) is 1. The third-order valence-electron chi connectivity index (χ3n) is 6.25. The highest BCUT2D eigenvalue weighted by atomic mass is 16.5. The second-order valence-electron chi connectivity index (χ2n) is 8.69. The molecule has 0 amide bonds. The highest BCUT2D eigenvalue weighted by Crippen LogP contribution is 2.33. The van der Waals surface area contributed by atoms with Gasteiger partial charge in [-0.15, -0.1) is 5.10 Å². The molecular weight excluding hydrogens is 404 g/mol. The molecule has 8 heteroatoms. The summed E-state index contributed by atoms with van der Waals surface area (Å²) in [5.41, 5.74) is 3.70. The summed E-state index contributed by atoms with van der Waals surface area (Å²) < 4.78 is 14.3. The van der Waals surface area contributed by atoms with Gasteiger partial charge in [0.15, 0.2) is 5.82 Å². The number of rotatable bonds is 8. The van der Waals surface area contributed by atoms with Gasteiger partial charge in [0.05, 0.1) is 16.8 Å². The zero-order valence-electron chi connectivity index (χ0n) is 19.8. The van der Waals surface area contributed by atoms with Gasteiger partial charge in [0.25, 0.3) is 0 Å². The molecule has 0 spiro atoms. The first-order chi connectivity index (χ1) is 15.5. The number of nitrogens with one attached hydrogen (secondary N) is 1. The molecule has 4 rings (SSSR count). The zero-order chi connectivity index (χ0) is 22.7. The first-order valence-electron chi connectivity index (χ1n) is 11.4. The molecular formula is C24H34N6O2. The molecule has 0 aliphatic carbocycles. The fraction of sp³-hybridized carbons (Fsp3) is 0.542. The fourth-order valence-corrected chi connectivity index (χ4v) is 4.51. The Hall–Kier alpha value is -2.71. The summed E-state index contributed by atoms with van der Waals surface area (Å²) >= 11 is 0. The van der Waals surface area contributed by atoms with Crippen LogP contribution in [0.1, 0.15) is 30.7 Å². The molecule has 0 saturated carbocycles. The Bertz CT molecular complexity index is 1060. The smallest absolute Gasteiger partial charge is 0.179 e. The third kappa shape index (κ3) is 4.42. The summed E-state index contributed by atoms with van der Waals surface area (Å²) in [5.74, 6) is 2.10. The minimum atomic E-state index is 0.125. The van der Waals surface area contributed by atoms with Crippen molar-refractivity contribution in [2.75, 3.05) is 45.8 Å². The second-order valence-corrected chi connectivity index (χ2v) is 8.69. The van der Waals surface area contributed by atoms with Gasteiger partial charge in [-0.2, -0.15) is 10.2 Å². The van der Waals surface area contributed by atoms with E-state index in [1.165, 1.54) is 0 Å². The minimum Gasteiger partial charge on any atom is -0.488 e. The molecule has 1 saturated heterocycles. The molecule has 1 fully saturated rings. The Labute approximate surface area is 189 Å². The van der Waals surface area contributed by atoms with E-state index in [9.17, 15) is 0 Å². The number of para-hydroxylation sites is 2. The number of anilines is 1. The van der Waals surface area contributed by atoms with Crippen LogP contribution < -0.4 is 15.0 Å². The maximum atomic E-state index is 6.70. The molecule has 1 atom stereocenters. The Kier molecular flexibility index (Phi) is 6.91. The van der Waals surface area contributed by atoms with Crippen molar-refractivity contribution in [3.05, 3.63) is 35.7 Å². The molecule has 172 valence electrons. The van der Waals surface area contributed by atoms with Crippen molar-refractivity contribution in [2.45, 2.75) is 39.2 Å². The molecule has 0 bridgehead atoms. The summed E-state index contributed by atoms with van der Waals surface area (Å²) in [7, 11) is 5.91. The van der Waals surface area contributed by atoms with E-state index in [1.807, 2.05) is 55.8 Å². The number of ether oxygens (including phenoxy) is 2. The van der Waals surface area contributed by atoms with Gasteiger partial charge < -0.3 is 19.7 Å². The van der Waals surface area contributed by atoms with Gasteiger partial charge in [-0.3, -0.25) is 0 Å². The van der Waals surface area contributed by atoms with Gasteiger partial charge in [0.1, 0.15) is 23.1 Å². The Morgan fingerprint density at radius 1 is 1.19 bits per heavy atom. The maximum absolute atomic E-state index is 6.70. The predicted octanol–water partition coefficient (Wildman–Crippen LogP) is 3.28. The standard InChI is InChI=1S/C24H34N6O2/c1-16-22-17(2)30(28-23(22)24(27-26-16)29(4)5)19-8-6-7-9-21(19)32-20(10-13-25-3)18-11-14-31-15-12-18/h6-9,18,20,25H,10-15H2,1-5H3. The van der Waals surface area contributed by atoms with Crippen molar-refractivity contribution in [3.8, 4) is 11.4 Å². The van der Waals surface area contributed by atoms with Crippen LogP contribution in [0.25, 0.3) is 16.6 Å². The topological polar surface area (TPSA) is 77.3 Å². The van der Waals surface area contributed by atoms with Gasteiger partial charge in [-0.05, 0) is 58.8 Å². The van der Waals surface area contributed by atoms with Gasteiger partial charge in [0.2, 0.25) is 0 Å². The summed E-state index contributed by atoms with van der Waals surface area (Å²) in [6.45, 7) is 6.59. The van der Waals surface area contributed by atoms with E-state index in [0.29, 0.717) is 5.92 Å². The van der Waals surface area contributed by atoms with E-state index < -0.39 is 0 Å². The Morgan fingerprint density at radius 3 is 2.66 bits per heavy atom. The lowest BCUT2D eigenvalue weighted by Gasteiger charge is -2.31. The first kappa shape index (κ1) is 22.5. The zero-order valence-corrected chi connectivity index (χ0v) is 19.8. The van der Waals surface area contributed by atoms with Crippen molar-refractivity contribution in [1.29, 1.82) is 0 Å². The lowest BCUT2D eigenvalue weighted by molar-refractivity contribution is 0.0153.